The second kappa shape index (κ2) is 7.69. The highest BCUT2D eigenvalue weighted by Gasteiger charge is 2.09. The van der Waals surface area contributed by atoms with Crippen molar-refractivity contribution < 1.29 is 9.59 Å². The largest absolute Gasteiger partial charge is 0.326 e. The molecule has 1 aromatic carbocycles. The lowest BCUT2D eigenvalue weighted by Gasteiger charge is -2.07. The molecule has 0 aliphatic carbocycles. The first-order chi connectivity index (χ1) is 10.6. The Kier molecular flexibility index (Phi) is 5.65. The van der Waals surface area contributed by atoms with E-state index in [1.165, 1.54) is 18.7 Å². The van der Waals surface area contributed by atoms with Crippen LogP contribution < -0.4 is 5.32 Å². The van der Waals surface area contributed by atoms with Crippen LogP contribution in [0.15, 0.2) is 29.4 Å². The molecule has 116 valence electrons. The molecule has 0 unspecified atom stereocenters. The van der Waals surface area contributed by atoms with Crippen molar-refractivity contribution in [2.24, 2.45) is 0 Å². The minimum absolute atomic E-state index is 0.132. The first-order valence-electron chi connectivity index (χ1n) is 6.85. The van der Waals surface area contributed by atoms with Crippen LogP contribution in [0.2, 0.25) is 0 Å². The molecule has 22 heavy (non-hydrogen) atoms. The molecule has 2 aromatic rings. The molecule has 7 nitrogen and oxygen atoms in total. The van der Waals surface area contributed by atoms with Crippen molar-refractivity contribution in [1.82, 2.24) is 20.2 Å². The molecule has 0 aliphatic rings. The van der Waals surface area contributed by atoms with Crippen LogP contribution in [0.25, 0.3) is 5.69 Å². The molecule has 1 heterocycles. The molecule has 8 heteroatoms. The molecule has 0 spiro atoms. The van der Waals surface area contributed by atoms with Crippen molar-refractivity contribution in [1.29, 1.82) is 0 Å². The Hall–Kier alpha value is -2.22. The van der Waals surface area contributed by atoms with E-state index in [0.717, 1.165) is 17.9 Å². The average molecular weight is 319 g/mol. The number of hydrogen-bond donors (Lipinski definition) is 1. The Labute approximate surface area is 132 Å². The summed E-state index contributed by atoms with van der Waals surface area (Å²) in [4.78, 5) is 22.0. The molecule has 0 saturated carbocycles. The van der Waals surface area contributed by atoms with E-state index in [4.69, 9.17) is 0 Å². The summed E-state index contributed by atoms with van der Waals surface area (Å²) in [6.07, 6.45) is 1.35. The van der Waals surface area contributed by atoms with Gasteiger partial charge in [0.15, 0.2) is 0 Å². The highest BCUT2D eigenvalue weighted by atomic mass is 32.2. The van der Waals surface area contributed by atoms with E-state index in [1.807, 2.05) is 12.1 Å². The second-order valence-electron chi connectivity index (χ2n) is 4.76. The number of aromatic nitrogens is 4. The number of ketones is 1. The third kappa shape index (κ3) is 4.66. The van der Waals surface area contributed by atoms with Crippen molar-refractivity contribution in [3.05, 3.63) is 24.3 Å². The first kappa shape index (κ1) is 16.2. The van der Waals surface area contributed by atoms with Crippen LogP contribution in [0.4, 0.5) is 5.69 Å². The number of carbonyl (C=O) groups is 2. The van der Waals surface area contributed by atoms with Crippen LogP contribution in [0.3, 0.4) is 0 Å². The molecule has 1 amide bonds. The number of nitrogens with one attached hydrogen (secondary N) is 1. The lowest BCUT2D eigenvalue weighted by molar-refractivity contribution is -0.117. The number of benzene rings is 1. The van der Waals surface area contributed by atoms with Gasteiger partial charge < -0.3 is 10.1 Å². The number of amides is 1. The topological polar surface area (TPSA) is 89.8 Å². The van der Waals surface area contributed by atoms with Gasteiger partial charge in [-0.3, -0.25) is 4.79 Å². The van der Waals surface area contributed by atoms with Gasteiger partial charge in [-0.1, -0.05) is 17.8 Å². The third-order valence-corrected chi connectivity index (χ3v) is 3.76. The SMILES string of the molecule is CC(=O)CCCSc1nnnn1-c1cccc(NC(C)=O)c1. The van der Waals surface area contributed by atoms with E-state index < -0.39 is 0 Å². The lowest BCUT2D eigenvalue weighted by Crippen LogP contribution is -2.07. The Morgan fingerprint density at radius 2 is 2.14 bits per heavy atom. The maximum Gasteiger partial charge on any atom is 0.221 e. The van der Waals surface area contributed by atoms with E-state index >= 15 is 0 Å². The van der Waals surface area contributed by atoms with Gasteiger partial charge in [0.1, 0.15) is 5.78 Å². The maximum absolute atomic E-state index is 11.1. The number of carbonyl (C=O) groups excluding carboxylic acids is 2. The first-order valence-corrected chi connectivity index (χ1v) is 7.83. The Morgan fingerprint density at radius 1 is 1.32 bits per heavy atom. The van der Waals surface area contributed by atoms with Crippen molar-refractivity contribution in [3.8, 4) is 5.69 Å². The molecule has 0 atom stereocenters. The summed E-state index contributed by atoms with van der Waals surface area (Å²) in [5, 5.41) is 15.0. The van der Waals surface area contributed by atoms with Crippen molar-refractivity contribution in [3.63, 3.8) is 0 Å². The highest BCUT2D eigenvalue weighted by Crippen LogP contribution is 2.21. The van der Waals surface area contributed by atoms with Gasteiger partial charge in [0.2, 0.25) is 11.1 Å². The van der Waals surface area contributed by atoms with Gasteiger partial charge in [0.25, 0.3) is 0 Å². The molecule has 0 aliphatic heterocycles. The molecular formula is C14H17N5O2S. The molecule has 2 rings (SSSR count). The molecule has 0 saturated heterocycles. The van der Waals surface area contributed by atoms with E-state index in [-0.39, 0.29) is 11.7 Å². The van der Waals surface area contributed by atoms with Crippen LogP contribution in [-0.2, 0) is 9.59 Å². The quantitative estimate of drug-likeness (QED) is 0.621. The molecule has 0 fully saturated rings. The molecule has 1 aromatic heterocycles. The molecule has 0 radical (unpaired) electrons. The van der Waals surface area contributed by atoms with E-state index in [9.17, 15) is 9.59 Å². The van der Waals surface area contributed by atoms with Crippen LogP contribution in [0.1, 0.15) is 26.7 Å². The van der Waals surface area contributed by atoms with Crippen LogP contribution in [0.5, 0.6) is 0 Å². The highest BCUT2D eigenvalue weighted by molar-refractivity contribution is 7.99. The summed E-state index contributed by atoms with van der Waals surface area (Å²) < 4.78 is 1.61. The summed E-state index contributed by atoms with van der Waals surface area (Å²) in [6.45, 7) is 3.04. The van der Waals surface area contributed by atoms with E-state index in [2.05, 4.69) is 20.8 Å². The minimum atomic E-state index is -0.132. The van der Waals surface area contributed by atoms with Gasteiger partial charge in [-0.2, -0.15) is 4.68 Å². The van der Waals surface area contributed by atoms with Gasteiger partial charge in [0, 0.05) is 24.8 Å². The van der Waals surface area contributed by atoms with Gasteiger partial charge in [0.05, 0.1) is 5.69 Å². The summed E-state index contributed by atoms with van der Waals surface area (Å²) in [7, 11) is 0. The van der Waals surface area contributed by atoms with Crippen LogP contribution in [-0.4, -0.2) is 37.7 Å². The number of thioether (sulfide) groups is 1. The number of rotatable bonds is 7. The second-order valence-corrected chi connectivity index (χ2v) is 5.82. The zero-order valence-corrected chi connectivity index (χ0v) is 13.3. The molecule has 1 N–H and O–H groups in total. The summed E-state index contributed by atoms with van der Waals surface area (Å²) >= 11 is 1.50. The summed E-state index contributed by atoms with van der Waals surface area (Å²) in [5.41, 5.74) is 1.46. The smallest absolute Gasteiger partial charge is 0.221 e. The Balaban J connectivity index is 2.08. The Bertz CT molecular complexity index is 671. The van der Waals surface area contributed by atoms with Crippen molar-refractivity contribution in [2.75, 3.05) is 11.1 Å². The number of nitrogens with zero attached hydrogens (tertiary/aromatic N) is 4. The third-order valence-electron chi connectivity index (χ3n) is 2.76. The average Bonchev–Trinajstić information content (AvgIpc) is 2.91. The van der Waals surface area contributed by atoms with Gasteiger partial charge in [-0.05, 0) is 42.0 Å². The van der Waals surface area contributed by atoms with Crippen LogP contribution >= 0.6 is 11.8 Å². The predicted molar refractivity (Wildman–Crippen MR) is 84.1 cm³/mol. The van der Waals surface area contributed by atoms with Crippen molar-refractivity contribution in [2.45, 2.75) is 31.8 Å². The summed E-state index contributed by atoms with van der Waals surface area (Å²) in [6, 6.07) is 7.29. The van der Waals surface area contributed by atoms with E-state index in [0.29, 0.717) is 17.3 Å². The number of tetrazole rings is 1. The monoisotopic (exact) mass is 319 g/mol. The van der Waals surface area contributed by atoms with Gasteiger partial charge in [-0.25, -0.2) is 0 Å². The fraction of sp³-hybridized carbons (Fsp3) is 0.357. The Morgan fingerprint density at radius 3 is 2.86 bits per heavy atom. The number of anilines is 1. The standard InChI is InChI=1S/C14H17N5O2S/c1-10(20)5-4-8-22-14-16-17-18-19(14)13-7-3-6-12(9-13)15-11(2)21/h3,6-7,9H,4-5,8H2,1-2H3,(H,15,21). The summed E-state index contributed by atoms with van der Waals surface area (Å²) in [5.74, 6) is 0.821. The maximum atomic E-state index is 11.1. The fourth-order valence-electron chi connectivity index (χ4n) is 1.83. The fourth-order valence-corrected chi connectivity index (χ4v) is 2.66. The van der Waals surface area contributed by atoms with Crippen molar-refractivity contribution >= 4 is 29.1 Å². The van der Waals surface area contributed by atoms with Gasteiger partial charge >= 0.3 is 0 Å². The molecular weight excluding hydrogens is 302 g/mol. The van der Waals surface area contributed by atoms with Crippen LogP contribution in [0, 0.1) is 0 Å². The number of Topliss-reactive ketones (excluding diaryl/α,β-unsaturated/α-hetero) is 1. The normalized spacial score (nSPS) is 10.5. The van der Waals surface area contributed by atoms with Gasteiger partial charge in [-0.15, -0.1) is 5.10 Å². The zero-order chi connectivity index (χ0) is 15.9. The molecule has 0 bridgehead atoms. The minimum Gasteiger partial charge on any atom is -0.326 e. The number of hydrogen-bond acceptors (Lipinski definition) is 6. The lowest BCUT2D eigenvalue weighted by atomic mass is 10.3. The van der Waals surface area contributed by atoms with E-state index in [1.54, 1.807) is 23.7 Å². The zero-order valence-electron chi connectivity index (χ0n) is 12.4. The predicted octanol–water partition coefficient (Wildman–Crippen LogP) is 2.08.